The number of nitrogens with one attached hydrogen (secondary N) is 1. The maximum atomic E-state index is 15.7. The number of aliphatic hydroxyl groups excluding tert-OH is 2. The Labute approximate surface area is 406 Å². The number of anilines is 3. The van der Waals surface area contributed by atoms with Gasteiger partial charge in [0, 0.05) is 36.5 Å². The van der Waals surface area contributed by atoms with Gasteiger partial charge in [-0.25, -0.2) is 0 Å². The summed E-state index contributed by atoms with van der Waals surface area (Å²) in [5, 5.41) is 33.5. The molecule has 6 atom stereocenters. The fourth-order valence-electron chi connectivity index (χ4n) is 11.3. The van der Waals surface area contributed by atoms with Crippen molar-refractivity contribution in [1.82, 2.24) is 20.3 Å². The molecule has 14 heteroatoms. The van der Waals surface area contributed by atoms with Crippen LogP contribution in [0.5, 0.6) is 11.5 Å². The molecule has 5 aromatic carbocycles. The molecule has 3 N–H and O–H groups in total. The molecule has 1 saturated heterocycles. The topological polar surface area (TPSA) is 152 Å². The first-order chi connectivity index (χ1) is 33.5. The largest absolute Gasteiger partial charge is 0.497 e. The molecule has 3 aliphatic heterocycles. The summed E-state index contributed by atoms with van der Waals surface area (Å²) in [6.07, 6.45) is 4.12. The molecular formula is C55H64N6O7Si. The number of fused-ring (bicyclic) bond motifs is 3. The molecule has 0 aliphatic carbocycles. The van der Waals surface area contributed by atoms with Crippen molar-refractivity contribution in [2.45, 2.75) is 94.9 Å². The average molecular weight is 949 g/mol. The molecule has 13 nitrogen and oxygen atoms in total. The number of carbonyl (C=O) groups is 2. The van der Waals surface area contributed by atoms with Gasteiger partial charge in [-0.15, -0.1) is 5.10 Å². The second-order valence-electron chi connectivity index (χ2n) is 19.1. The number of hydrogen-bond acceptors (Lipinski definition) is 10. The van der Waals surface area contributed by atoms with E-state index in [2.05, 4.69) is 53.8 Å². The minimum absolute atomic E-state index is 0.0160. The van der Waals surface area contributed by atoms with Gasteiger partial charge in [0.25, 0.3) is 5.91 Å². The zero-order valence-corrected chi connectivity index (χ0v) is 41.3. The minimum atomic E-state index is -2.43. The SMILES string of the molecule is CCOc1ccc2c(c1)CC(NCCCCO)C(=O)N2c1cccc(CN2C(=O)[C@@]3(O[C@@H](CCn4cc(C(CO)c5ccccc5)nn4)[C@H]([Si](C)(C)c4ccc(OC)cc4)[C@H]3C)c3ccccc32)c1. The zero-order chi connectivity index (χ0) is 48.3. The number of methoxy groups -OCH3 is 1. The first-order valence-corrected chi connectivity index (χ1v) is 27.4. The highest BCUT2D eigenvalue weighted by Crippen LogP contribution is 2.60. The van der Waals surface area contributed by atoms with Crippen LogP contribution in [0.4, 0.5) is 17.1 Å². The summed E-state index contributed by atoms with van der Waals surface area (Å²) in [5.41, 5.74) is 5.49. The summed E-state index contributed by atoms with van der Waals surface area (Å²) in [6, 6.07) is 39.6. The number of amides is 2. The number of aromatic nitrogens is 3. The third kappa shape index (κ3) is 9.12. The third-order valence-corrected chi connectivity index (χ3v) is 19.1. The van der Waals surface area contributed by atoms with Gasteiger partial charge in [0.05, 0.1) is 70.1 Å². The number of unbranched alkanes of at least 4 members (excludes halogenated alkanes) is 1. The molecule has 1 spiro atoms. The Morgan fingerprint density at radius 2 is 1.67 bits per heavy atom. The van der Waals surface area contributed by atoms with Crippen LogP contribution in [-0.4, -0.2) is 90.7 Å². The van der Waals surface area contributed by atoms with Crippen LogP contribution in [0.2, 0.25) is 18.6 Å². The monoisotopic (exact) mass is 948 g/mol. The number of carbonyl (C=O) groups excluding carboxylic acids is 2. The number of nitrogens with zero attached hydrogens (tertiary/aromatic N) is 5. The van der Waals surface area contributed by atoms with Crippen molar-refractivity contribution in [2.75, 3.05) is 43.3 Å². The van der Waals surface area contributed by atoms with E-state index in [1.807, 2.05) is 126 Å². The van der Waals surface area contributed by atoms with E-state index in [0.29, 0.717) is 50.3 Å². The highest BCUT2D eigenvalue weighted by atomic mass is 28.3. The Balaban J connectivity index is 1.03. The van der Waals surface area contributed by atoms with Gasteiger partial charge in [-0.05, 0) is 110 Å². The Bertz CT molecular complexity index is 2750. The van der Waals surface area contributed by atoms with Crippen LogP contribution < -0.4 is 29.8 Å². The van der Waals surface area contributed by atoms with Gasteiger partial charge < -0.3 is 34.6 Å². The maximum Gasteiger partial charge on any atom is 0.264 e. The second kappa shape index (κ2) is 20.4. The standard InChI is InChI=1S/C55H64N6O7Si/c1-6-67-43-23-26-49-40(32-43)33-47(56-28-12-13-30-62)53(64)61(49)41-18-14-15-38(31-41)34-60-50-20-11-10-19-46(50)55(54(60)65)37(2)52(69(4,5)44-24-21-42(66-3)22-25-44)51(68-55)27-29-59-35-48(57-58-59)45(36-63)39-16-8-7-9-17-39/h7-11,14-26,31-32,35,37,45,47,51-52,56,62-63H,6,12-13,27-30,33-34,36H2,1-5H3/t37-,45?,47?,51+,52-,55+/m1/s1. The van der Waals surface area contributed by atoms with Gasteiger partial charge in [0.1, 0.15) is 11.5 Å². The van der Waals surface area contributed by atoms with E-state index in [-0.39, 0.29) is 55.1 Å². The first-order valence-electron chi connectivity index (χ1n) is 24.3. The Hall–Kier alpha value is -6.16. The number of para-hydroxylation sites is 1. The van der Waals surface area contributed by atoms with E-state index in [0.717, 1.165) is 51.5 Å². The highest BCUT2D eigenvalue weighted by Gasteiger charge is 2.66. The molecule has 0 saturated carbocycles. The molecule has 1 fully saturated rings. The summed E-state index contributed by atoms with van der Waals surface area (Å²) < 4.78 is 20.7. The quantitative estimate of drug-likeness (QED) is 0.0547. The van der Waals surface area contributed by atoms with E-state index in [9.17, 15) is 15.0 Å². The lowest BCUT2D eigenvalue weighted by Gasteiger charge is -2.37. The molecule has 9 rings (SSSR count). The van der Waals surface area contributed by atoms with Gasteiger partial charge in [0.2, 0.25) is 5.91 Å². The molecule has 6 aromatic rings. The third-order valence-electron chi connectivity index (χ3n) is 14.7. The number of ether oxygens (including phenoxy) is 3. The Morgan fingerprint density at radius 1 is 0.899 bits per heavy atom. The number of benzene rings is 5. The van der Waals surface area contributed by atoms with Crippen LogP contribution in [0, 0.1) is 5.92 Å². The number of aliphatic hydroxyl groups is 2. The molecule has 360 valence electrons. The highest BCUT2D eigenvalue weighted by molar-refractivity contribution is 6.91. The first kappa shape index (κ1) is 47.9. The molecule has 0 radical (unpaired) electrons. The maximum absolute atomic E-state index is 15.7. The second-order valence-corrected chi connectivity index (χ2v) is 23.8. The van der Waals surface area contributed by atoms with Crippen LogP contribution in [0.25, 0.3) is 0 Å². The van der Waals surface area contributed by atoms with Gasteiger partial charge in [-0.1, -0.05) is 103 Å². The van der Waals surface area contributed by atoms with E-state index >= 15 is 4.79 Å². The predicted molar refractivity (Wildman–Crippen MR) is 270 cm³/mol. The molecular weight excluding hydrogens is 885 g/mol. The summed E-state index contributed by atoms with van der Waals surface area (Å²) in [7, 11) is -0.754. The molecule has 1 aromatic heterocycles. The van der Waals surface area contributed by atoms with Crippen LogP contribution in [0.1, 0.15) is 67.0 Å². The average Bonchev–Trinajstić information content (AvgIpc) is 4.03. The van der Waals surface area contributed by atoms with Crippen molar-refractivity contribution in [3.8, 4) is 11.5 Å². The van der Waals surface area contributed by atoms with Crippen LogP contribution in [0.3, 0.4) is 0 Å². The lowest BCUT2D eigenvalue weighted by molar-refractivity contribution is -0.146. The van der Waals surface area contributed by atoms with Crippen LogP contribution in [0.15, 0.2) is 128 Å². The molecule has 2 amide bonds. The van der Waals surface area contributed by atoms with E-state index in [1.165, 1.54) is 5.19 Å². The summed E-state index contributed by atoms with van der Waals surface area (Å²) >= 11 is 0. The van der Waals surface area contributed by atoms with E-state index in [1.54, 1.807) is 12.0 Å². The molecule has 4 heterocycles. The molecule has 2 unspecified atom stereocenters. The smallest absolute Gasteiger partial charge is 0.264 e. The van der Waals surface area contributed by atoms with Crippen molar-refractivity contribution in [1.29, 1.82) is 0 Å². The lowest BCUT2D eigenvalue weighted by Crippen LogP contribution is -2.51. The van der Waals surface area contributed by atoms with Crippen molar-refractivity contribution in [2.24, 2.45) is 5.92 Å². The van der Waals surface area contributed by atoms with E-state index in [4.69, 9.17) is 14.2 Å². The summed E-state index contributed by atoms with van der Waals surface area (Å²) in [6.45, 7) is 10.8. The number of hydrogen-bond donors (Lipinski definition) is 3. The van der Waals surface area contributed by atoms with E-state index < -0.39 is 19.7 Å². The van der Waals surface area contributed by atoms with Crippen LogP contribution >= 0.6 is 0 Å². The van der Waals surface area contributed by atoms with Crippen molar-refractivity contribution < 1.29 is 34.0 Å². The molecule has 0 bridgehead atoms. The normalized spacial score (nSPS) is 21.4. The fraction of sp³-hybridized carbons (Fsp3) is 0.382. The summed E-state index contributed by atoms with van der Waals surface area (Å²) in [4.78, 5) is 33.8. The van der Waals surface area contributed by atoms with Gasteiger partial charge in [0.15, 0.2) is 5.60 Å². The predicted octanol–water partition coefficient (Wildman–Crippen LogP) is 7.61. The Kier molecular flexibility index (Phi) is 14.2. The van der Waals surface area contributed by atoms with Crippen LogP contribution in [-0.2, 0) is 39.4 Å². The molecule has 69 heavy (non-hydrogen) atoms. The minimum Gasteiger partial charge on any atom is -0.497 e. The summed E-state index contributed by atoms with van der Waals surface area (Å²) in [5.74, 6) is 0.886. The fourth-order valence-corrected chi connectivity index (χ4v) is 15.3. The van der Waals surface area contributed by atoms with Crippen molar-refractivity contribution in [3.05, 3.63) is 155 Å². The number of aryl methyl sites for hydroxylation is 1. The van der Waals surface area contributed by atoms with Crippen molar-refractivity contribution >= 4 is 42.1 Å². The lowest BCUT2D eigenvalue weighted by atomic mass is 9.82. The van der Waals surface area contributed by atoms with Crippen molar-refractivity contribution in [3.63, 3.8) is 0 Å². The Morgan fingerprint density at radius 3 is 2.42 bits per heavy atom. The molecule has 3 aliphatic rings. The zero-order valence-electron chi connectivity index (χ0n) is 40.3. The number of rotatable bonds is 19. The van der Waals surface area contributed by atoms with Gasteiger partial charge in [-0.3, -0.25) is 19.2 Å². The van der Waals surface area contributed by atoms with Gasteiger partial charge in [-0.2, -0.15) is 0 Å². The van der Waals surface area contributed by atoms with Gasteiger partial charge >= 0.3 is 0 Å².